The second kappa shape index (κ2) is 8.58. The highest BCUT2D eigenvalue weighted by Gasteiger charge is 2.33. The number of hydrogen-bond acceptors (Lipinski definition) is 7. The molecule has 31 heavy (non-hydrogen) atoms. The fraction of sp³-hybridized carbons (Fsp3) is 0.450. The van der Waals surface area contributed by atoms with Gasteiger partial charge in [-0.1, -0.05) is 0 Å². The van der Waals surface area contributed by atoms with Crippen LogP contribution in [0.2, 0.25) is 0 Å². The predicted octanol–water partition coefficient (Wildman–Crippen LogP) is 3.29. The lowest BCUT2D eigenvalue weighted by molar-refractivity contribution is -0.495. The SMILES string of the molecule is CN1CCN(c2ccc(OC(F)(F)F)c(Nc3nccc(C4CCC=[N+]4[O-])n3)c2)CC1. The minimum absolute atomic E-state index is 0.0975. The average molecular weight is 436 g/mol. The van der Waals surface area contributed by atoms with Crippen molar-refractivity contribution in [3.05, 3.63) is 41.4 Å². The number of halogens is 3. The van der Waals surface area contributed by atoms with Crippen molar-refractivity contribution in [3.8, 4) is 5.75 Å². The van der Waals surface area contributed by atoms with E-state index >= 15 is 0 Å². The molecule has 1 unspecified atom stereocenters. The van der Waals surface area contributed by atoms with Gasteiger partial charge in [0.05, 0.1) is 5.69 Å². The van der Waals surface area contributed by atoms with Crippen LogP contribution in [0, 0.1) is 5.21 Å². The standard InChI is InChI=1S/C20H23F3N6O2/c1-27-9-11-28(12-10-27)14-4-5-18(31-20(21,22)23)16(13-14)26-19-24-7-6-15(25-19)17-3-2-8-29(17)30/h4-8,13,17H,2-3,9-12H2,1H3,(H,24,25,26). The van der Waals surface area contributed by atoms with Crippen LogP contribution in [-0.2, 0) is 0 Å². The van der Waals surface area contributed by atoms with Gasteiger partial charge in [-0.15, -0.1) is 13.2 Å². The zero-order chi connectivity index (χ0) is 22.0. The van der Waals surface area contributed by atoms with E-state index in [4.69, 9.17) is 0 Å². The van der Waals surface area contributed by atoms with Gasteiger partial charge in [-0.25, -0.2) is 14.7 Å². The van der Waals surface area contributed by atoms with Crippen molar-refractivity contribution in [1.29, 1.82) is 0 Å². The molecule has 1 atom stereocenters. The first-order valence-corrected chi connectivity index (χ1v) is 10.0. The predicted molar refractivity (Wildman–Crippen MR) is 110 cm³/mol. The van der Waals surface area contributed by atoms with Gasteiger partial charge < -0.3 is 25.1 Å². The zero-order valence-electron chi connectivity index (χ0n) is 17.0. The Hall–Kier alpha value is -3.08. The molecule has 166 valence electrons. The Morgan fingerprint density at radius 1 is 1.19 bits per heavy atom. The summed E-state index contributed by atoms with van der Waals surface area (Å²) >= 11 is 0. The summed E-state index contributed by atoms with van der Waals surface area (Å²) in [6.07, 6.45) is -0.532. The molecule has 3 heterocycles. The molecule has 0 amide bonds. The van der Waals surface area contributed by atoms with Crippen molar-refractivity contribution in [1.82, 2.24) is 14.9 Å². The van der Waals surface area contributed by atoms with Crippen molar-refractivity contribution < 1.29 is 22.6 Å². The van der Waals surface area contributed by atoms with Crippen molar-refractivity contribution in [2.45, 2.75) is 25.2 Å². The summed E-state index contributed by atoms with van der Waals surface area (Å²) in [5.41, 5.74) is 1.38. The quantitative estimate of drug-likeness (QED) is 0.569. The van der Waals surface area contributed by atoms with Crippen molar-refractivity contribution in [2.24, 2.45) is 0 Å². The first-order valence-electron chi connectivity index (χ1n) is 10.0. The van der Waals surface area contributed by atoms with E-state index in [2.05, 4.69) is 29.8 Å². The molecule has 1 aromatic heterocycles. The maximum Gasteiger partial charge on any atom is 0.573 e. The van der Waals surface area contributed by atoms with Crippen LogP contribution >= 0.6 is 0 Å². The molecular formula is C20H23F3N6O2. The molecule has 0 saturated carbocycles. The lowest BCUT2D eigenvalue weighted by Gasteiger charge is -2.34. The molecule has 2 aliphatic rings. The first-order chi connectivity index (χ1) is 14.8. The Morgan fingerprint density at radius 3 is 2.65 bits per heavy atom. The van der Waals surface area contributed by atoms with Crippen LogP contribution in [0.5, 0.6) is 5.75 Å². The normalized spacial score (nSPS) is 19.9. The van der Waals surface area contributed by atoms with Crippen LogP contribution in [0.3, 0.4) is 0 Å². The number of hydroxylamine groups is 1. The summed E-state index contributed by atoms with van der Waals surface area (Å²) in [6.45, 7) is 3.25. The molecule has 0 spiro atoms. The van der Waals surface area contributed by atoms with Crippen LogP contribution in [0.15, 0.2) is 30.5 Å². The first kappa shape index (κ1) is 21.2. The van der Waals surface area contributed by atoms with Gasteiger partial charge in [-0.3, -0.25) is 0 Å². The van der Waals surface area contributed by atoms with Gasteiger partial charge in [0.1, 0.15) is 5.69 Å². The molecule has 1 saturated heterocycles. The average Bonchev–Trinajstić information content (AvgIpc) is 3.15. The van der Waals surface area contributed by atoms with Crippen molar-refractivity contribution in [2.75, 3.05) is 43.4 Å². The maximum atomic E-state index is 12.9. The minimum Gasteiger partial charge on any atom is -0.624 e. The number of alkyl halides is 3. The molecule has 2 aliphatic heterocycles. The van der Waals surface area contributed by atoms with Crippen molar-refractivity contribution >= 4 is 23.5 Å². The lowest BCUT2D eigenvalue weighted by Crippen LogP contribution is -2.44. The van der Waals surface area contributed by atoms with E-state index in [1.807, 2.05) is 7.05 Å². The molecule has 0 bridgehead atoms. The Balaban J connectivity index is 1.62. The third-order valence-electron chi connectivity index (χ3n) is 5.38. The van der Waals surface area contributed by atoms with E-state index in [1.165, 1.54) is 12.3 Å². The summed E-state index contributed by atoms with van der Waals surface area (Å²) < 4.78 is 43.8. The topological polar surface area (TPSA) is 79.6 Å². The third-order valence-corrected chi connectivity index (χ3v) is 5.38. The fourth-order valence-electron chi connectivity index (χ4n) is 3.72. The molecule has 1 aromatic carbocycles. The number of hydrogen-bond donors (Lipinski definition) is 1. The van der Waals surface area contributed by atoms with Gasteiger partial charge >= 0.3 is 6.36 Å². The van der Waals surface area contributed by atoms with E-state index < -0.39 is 12.4 Å². The Bertz CT molecular complexity index is 960. The summed E-state index contributed by atoms with van der Waals surface area (Å²) in [7, 11) is 2.03. The molecule has 2 aromatic rings. The van der Waals surface area contributed by atoms with Gasteiger partial charge in [-0.2, -0.15) is 0 Å². The number of aromatic nitrogens is 2. The van der Waals surface area contributed by atoms with Crippen LogP contribution in [0.1, 0.15) is 24.6 Å². The maximum absolute atomic E-state index is 12.9. The fourth-order valence-corrected chi connectivity index (χ4v) is 3.72. The second-order valence-electron chi connectivity index (χ2n) is 7.58. The molecule has 4 rings (SSSR count). The van der Waals surface area contributed by atoms with Gasteiger partial charge in [-0.05, 0) is 31.3 Å². The van der Waals surface area contributed by atoms with Crippen LogP contribution in [0.4, 0.5) is 30.5 Å². The number of rotatable bonds is 5. The molecule has 1 N–H and O–H groups in total. The monoisotopic (exact) mass is 436 g/mol. The Morgan fingerprint density at radius 2 is 1.97 bits per heavy atom. The number of anilines is 3. The summed E-state index contributed by atoms with van der Waals surface area (Å²) in [6, 6.07) is 5.71. The summed E-state index contributed by atoms with van der Waals surface area (Å²) in [5.74, 6) is -0.278. The van der Waals surface area contributed by atoms with Gasteiger partial charge in [0, 0.05) is 50.9 Å². The smallest absolute Gasteiger partial charge is 0.573 e. The second-order valence-corrected chi connectivity index (χ2v) is 7.58. The van der Waals surface area contributed by atoms with Crippen LogP contribution in [-0.4, -0.2) is 65.4 Å². The minimum atomic E-state index is -4.84. The highest BCUT2D eigenvalue weighted by molar-refractivity contribution is 5.69. The van der Waals surface area contributed by atoms with Crippen LogP contribution < -0.4 is 15.0 Å². The number of piperazine rings is 1. The van der Waals surface area contributed by atoms with Gasteiger partial charge in [0.2, 0.25) is 12.0 Å². The third kappa shape index (κ3) is 5.16. The molecule has 11 heteroatoms. The van der Waals surface area contributed by atoms with Gasteiger partial charge in [0.15, 0.2) is 12.0 Å². The largest absolute Gasteiger partial charge is 0.624 e. The lowest BCUT2D eigenvalue weighted by atomic mass is 10.1. The van der Waals surface area contributed by atoms with E-state index in [1.54, 1.807) is 24.4 Å². The van der Waals surface area contributed by atoms with E-state index in [0.717, 1.165) is 36.6 Å². The number of ether oxygens (including phenoxy) is 1. The molecular weight excluding hydrogens is 413 g/mol. The highest BCUT2D eigenvalue weighted by atomic mass is 19.4. The van der Waals surface area contributed by atoms with Crippen molar-refractivity contribution in [3.63, 3.8) is 0 Å². The number of likely N-dealkylation sites (N-methyl/N-ethyl adjacent to an activating group) is 1. The Kier molecular flexibility index (Phi) is 5.86. The summed E-state index contributed by atoms with van der Waals surface area (Å²) in [4.78, 5) is 12.8. The van der Waals surface area contributed by atoms with E-state index in [-0.39, 0.29) is 17.4 Å². The van der Waals surface area contributed by atoms with E-state index in [9.17, 15) is 18.4 Å². The van der Waals surface area contributed by atoms with Crippen LogP contribution in [0.25, 0.3) is 0 Å². The van der Waals surface area contributed by atoms with Gasteiger partial charge in [0.25, 0.3) is 0 Å². The zero-order valence-corrected chi connectivity index (χ0v) is 17.0. The molecule has 0 radical (unpaired) electrons. The Labute approximate surface area is 177 Å². The molecule has 0 aliphatic carbocycles. The van der Waals surface area contributed by atoms with E-state index in [0.29, 0.717) is 18.5 Å². The number of nitrogens with one attached hydrogen (secondary N) is 1. The number of nitrogens with zero attached hydrogens (tertiary/aromatic N) is 5. The molecule has 1 fully saturated rings. The molecule has 8 nitrogen and oxygen atoms in total. The summed E-state index contributed by atoms with van der Waals surface area (Å²) in [5, 5.41) is 14.8. The number of benzene rings is 1. The highest BCUT2D eigenvalue weighted by Crippen LogP contribution is 2.35.